The summed E-state index contributed by atoms with van der Waals surface area (Å²) in [5, 5.41) is 9.44. The highest BCUT2D eigenvalue weighted by Crippen LogP contribution is 2.26. The lowest BCUT2D eigenvalue weighted by Gasteiger charge is -2.29. The van der Waals surface area contributed by atoms with Gasteiger partial charge in [0.25, 0.3) is 0 Å². The number of aromatic nitrogens is 2. The molecule has 1 aromatic carbocycles. The number of benzene rings is 1. The highest BCUT2D eigenvalue weighted by molar-refractivity contribution is 5.61. The van der Waals surface area contributed by atoms with Gasteiger partial charge in [0.15, 0.2) is 5.82 Å². The van der Waals surface area contributed by atoms with Crippen molar-refractivity contribution in [3.8, 4) is 17.1 Å². The number of carbonyl (C=O) groups excluding carboxylic acids is 2. The molecule has 1 aliphatic rings. The number of aromatic hydroxyl groups is 1. The first kappa shape index (κ1) is 18.6. The summed E-state index contributed by atoms with van der Waals surface area (Å²) in [6.07, 6.45) is 1.12. The first-order valence-electron chi connectivity index (χ1n) is 8.09. The molecular weight excluding hydrogens is 322 g/mol. The van der Waals surface area contributed by atoms with Gasteiger partial charge in [-0.05, 0) is 37.6 Å². The van der Waals surface area contributed by atoms with Gasteiger partial charge in [0.1, 0.15) is 11.6 Å². The Morgan fingerprint density at radius 3 is 2.32 bits per heavy atom. The van der Waals surface area contributed by atoms with Crippen LogP contribution in [-0.4, -0.2) is 47.5 Å². The van der Waals surface area contributed by atoms with Crippen molar-refractivity contribution in [3.05, 3.63) is 35.5 Å². The monoisotopic (exact) mass is 343 g/mol. The van der Waals surface area contributed by atoms with Gasteiger partial charge >= 0.3 is 6.15 Å². The summed E-state index contributed by atoms with van der Waals surface area (Å²) in [5.74, 6) is 1.96. The molecule has 25 heavy (non-hydrogen) atoms. The van der Waals surface area contributed by atoms with Gasteiger partial charge in [0.2, 0.25) is 0 Å². The Hall–Kier alpha value is -2.76. The smallest absolute Gasteiger partial charge is 0.373 e. The van der Waals surface area contributed by atoms with E-state index in [4.69, 9.17) is 24.3 Å². The van der Waals surface area contributed by atoms with E-state index < -0.39 is 0 Å². The Labute approximate surface area is 146 Å². The van der Waals surface area contributed by atoms with E-state index in [1.807, 2.05) is 12.1 Å². The molecule has 1 aromatic heterocycles. The summed E-state index contributed by atoms with van der Waals surface area (Å²) in [4.78, 5) is 28.0. The highest BCUT2D eigenvalue weighted by Gasteiger charge is 2.18. The van der Waals surface area contributed by atoms with Crippen molar-refractivity contribution in [2.75, 3.05) is 31.2 Å². The third-order valence-corrected chi connectivity index (χ3v) is 3.99. The number of phenolic OH excluding ortho intramolecular Hbond substituents is 1. The van der Waals surface area contributed by atoms with Crippen molar-refractivity contribution in [1.29, 1.82) is 0 Å². The zero-order chi connectivity index (χ0) is 18.2. The maximum Gasteiger partial charge on any atom is 0.373 e. The summed E-state index contributed by atoms with van der Waals surface area (Å²) in [5.41, 5.74) is 3.13. The Bertz CT molecular complexity index is 735. The Kier molecular flexibility index (Phi) is 6.62. The van der Waals surface area contributed by atoms with Crippen LogP contribution in [0.2, 0.25) is 0 Å². The van der Waals surface area contributed by atoms with Crippen LogP contribution in [0.5, 0.6) is 5.75 Å². The van der Waals surface area contributed by atoms with Gasteiger partial charge in [-0.3, -0.25) is 0 Å². The van der Waals surface area contributed by atoms with Crippen LogP contribution in [0.25, 0.3) is 11.4 Å². The van der Waals surface area contributed by atoms with E-state index in [2.05, 4.69) is 18.7 Å². The number of aryl methyl sites for hydroxylation is 1. The van der Waals surface area contributed by atoms with Crippen LogP contribution in [0, 0.1) is 6.92 Å². The third-order valence-electron chi connectivity index (χ3n) is 3.99. The van der Waals surface area contributed by atoms with Crippen LogP contribution < -0.4 is 4.90 Å². The lowest BCUT2D eigenvalue weighted by Crippen LogP contribution is -2.37. The predicted octanol–water partition coefficient (Wildman–Crippen LogP) is 1.97. The fourth-order valence-electron chi connectivity index (χ4n) is 2.72. The average molecular weight is 343 g/mol. The minimum Gasteiger partial charge on any atom is -0.508 e. The van der Waals surface area contributed by atoms with E-state index in [1.165, 1.54) is 0 Å². The zero-order valence-corrected chi connectivity index (χ0v) is 14.4. The Morgan fingerprint density at radius 2 is 1.76 bits per heavy atom. The fraction of sp³-hybridized carbons (Fsp3) is 0.389. The molecule has 0 bridgehead atoms. The predicted molar refractivity (Wildman–Crippen MR) is 91.3 cm³/mol. The number of hydrogen-bond acceptors (Lipinski definition) is 7. The van der Waals surface area contributed by atoms with Crippen LogP contribution in [0.1, 0.15) is 18.2 Å². The maximum absolute atomic E-state index is 9.44. The molecule has 7 heteroatoms. The molecule has 1 aliphatic heterocycles. The van der Waals surface area contributed by atoms with E-state index in [-0.39, 0.29) is 11.9 Å². The van der Waals surface area contributed by atoms with Gasteiger partial charge in [0.05, 0.1) is 13.2 Å². The maximum atomic E-state index is 9.44. The van der Waals surface area contributed by atoms with Crippen molar-refractivity contribution < 1.29 is 19.4 Å². The normalized spacial score (nSPS) is 13.6. The first-order chi connectivity index (χ1) is 12.1. The molecule has 7 nitrogen and oxygen atoms in total. The first-order valence-corrected chi connectivity index (χ1v) is 8.09. The number of phenols is 1. The summed E-state index contributed by atoms with van der Waals surface area (Å²) >= 11 is 0. The van der Waals surface area contributed by atoms with Crippen molar-refractivity contribution in [1.82, 2.24) is 9.97 Å². The highest BCUT2D eigenvalue weighted by atomic mass is 16.5. The number of morpholine rings is 1. The molecule has 0 aliphatic carbocycles. The zero-order valence-electron chi connectivity index (χ0n) is 14.4. The largest absolute Gasteiger partial charge is 0.508 e. The Morgan fingerprint density at radius 1 is 1.16 bits per heavy atom. The second-order valence-corrected chi connectivity index (χ2v) is 5.53. The summed E-state index contributed by atoms with van der Waals surface area (Å²) in [7, 11) is 0. The van der Waals surface area contributed by atoms with Crippen molar-refractivity contribution in [2.24, 2.45) is 0 Å². The topological polar surface area (TPSA) is 92.6 Å². The second-order valence-electron chi connectivity index (χ2n) is 5.53. The van der Waals surface area contributed by atoms with E-state index in [0.29, 0.717) is 5.82 Å². The molecule has 132 valence electrons. The van der Waals surface area contributed by atoms with Gasteiger partial charge in [-0.2, -0.15) is 9.59 Å². The lowest BCUT2D eigenvalue weighted by atomic mass is 10.1. The van der Waals surface area contributed by atoms with E-state index >= 15 is 0 Å². The summed E-state index contributed by atoms with van der Waals surface area (Å²) in [6.45, 7) is 7.38. The minimum absolute atomic E-state index is 0.250. The quantitative estimate of drug-likeness (QED) is 0.911. The third kappa shape index (κ3) is 4.62. The number of rotatable bonds is 3. The molecule has 2 heterocycles. The molecule has 0 unspecified atom stereocenters. The van der Waals surface area contributed by atoms with Gasteiger partial charge in [-0.1, -0.05) is 6.92 Å². The van der Waals surface area contributed by atoms with Gasteiger partial charge < -0.3 is 14.7 Å². The molecule has 2 aromatic rings. The Balaban J connectivity index is 0.000000701. The average Bonchev–Trinajstić information content (AvgIpc) is 2.64. The molecule has 0 spiro atoms. The molecule has 1 saturated heterocycles. The SMILES string of the molecule is CCc1nc(-c2ccc(O)cc2)nc(N2CCOCC2)c1C.O=C=O. The van der Waals surface area contributed by atoms with Crippen LogP contribution in [0.3, 0.4) is 0 Å². The molecule has 3 rings (SSSR count). The van der Waals surface area contributed by atoms with Gasteiger partial charge in [-0.25, -0.2) is 9.97 Å². The van der Waals surface area contributed by atoms with Crippen molar-refractivity contribution in [3.63, 3.8) is 0 Å². The summed E-state index contributed by atoms with van der Waals surface area (Å²) in [6, 6.07) is 7.03. The molecule has 0 atom stereocenters. The van der Waals surface area contributed by atoms with E-state index in [0.717, 1.165) is 55.4 Å². The van der Waals surface area contributed by atoms with E-state index in [9.17, 15) is 5.11 Å². The molecule has 1 fully saturated rings. The van der Waals surface area contributed by atoms with Crippen molar-refractivity contribution in [2.45, 2.75) is 20.3 Å². The van der Waals surface area contributed by atoms with Gasteiger partial charge in [-0.15, -0.1) is 0 Å². The number of ether oxygens (including phenoxy) is 1. The molecular formula is C18H21N3O4. The minimum atomic E-state index is 0.250. The number of nitrogens with zero attached hydrogens (tertiary/aromatic N) is 3. The summed E-state index contributed by atoms with van der Waals surface area (Å²) < 4.78 is 5.43. The number of hydrogen-bond donors (Lipinski definition) is 1. The second kappa shape index (κ2) is 8.92. The molecule has 0 amide bonds. The fourth-order valence-corrected chi connectivity index (χ4v) is 2.72. The van der Waals surface area contributed by atoms with Crippen LogP contribution in [-0.2, 0) is 20.7 Å². The van der Waals surface area contributed by atoms with E-state index in [1.54, 1.807) is 12.1 Å². The standard InChI is InChI=1S/C17H21N3O2.CO2/c1-3-15-12(2)17(20-8-10-22-11-9-20)19-16(18-15)13-4-6-14(21)7-5-13;2-1-3/h4-7,21H,3,8-11H2,1-2H3;. The van der Waals surface area contributed by atoms with Crippen molar-refractivity contribution >= 4 is 12.0 Å². The van der Waals surface area contributed by atoms with Gasteiger partial charge in [0, 0.05) is 29.9 Å². The molecule has 0 saturated carbocycles. The van der Waals surface area contributed by atoms with Crippen LogP contribution in [0.15, 0.2) is 24.3 Å². The molecule has 1 N–H and O–H groups in total. The van der Waals surface area contributed by atoms with Crippen LogP contribution in [0.4, 0.5) is 5.82 Å². The van der Waals surface area contributed by atoms with Crippen LogP contribution >= 0.6 is 0 Å². The number of anilines is 1. The molecule has 0 radical (unpaired) electrons. The lowest BCUT2D eigenvalue weighted by molar-refractivity contribution is -0.191.